The van der Waals surface area contributed by atoms with Crippen LogP contribution < -0.4 is 0 Å². The Morgan fingerprint density at radius 3 is 2.64 bits per heavy atom. The molecule has 36 heavy (non-hydrogen) atoms. The fraction of sp³-hybridized carbons (Fsp3) is 0.500. The Bertz CT molecular complexity index is 1200. The van der Waals surface area contributed by atoms with Gasteiger partial charge in [-0.05, 0) is 19.1 Å². The van der Waals surface area contributed by atoms with Crippen LogP contribution in [-0.4, -0.2) is 103 Å². The minimum Gasteiger partial charge on any atom is -0.504 e. The summed E-state index contributed by atoms with van der Waals surface area (Å²) in [5, 5.41) is 32.5. The molecule has 4 saturated heterocycles. The van der Waals surface area contributed by atoms with Crippen molar-refractivity contribution in [2.75, 3.05) is 32.7 Å². The van der Waals surface area contributed by atoms with E-state index in [2.05, 4.69) is 12.1 Å². The van der Waals surface area contributed by atoms with Gasteiger partial charge in [-0.15, -0.1) is 11.8 Å². The van der Waals surface area contributed by atoms with Crippen molar-refractivity contribution in [2.24, 2.45) is 5.16 Å². The van der Waals surface area contributed by atoms with E-state index in [1.165, 1.54) is 12.1 Å². The molecule has 0 spiro atoms. The van der Waals surface area contributed by atoms with Crippen LogP contribution in [0.3, 0.4) is 0 Å². The number of rotatable bonds is 5. The summed E-state index contributed by atoms with van der Waals surface area (Å²) in [5.74, 6) is -1.54. The zero-order valence-electron chi connectivity index (χ0n) is 19.8. The number of aldehydes is 1. The van der Waals surface area contributed by atoms with Crippen molar-refractivity contribution >= 4 is 47.2 Å². The first-order valence-corrected chi connectivity index (χ1v) is 13.3. The van der Waals surface area contributed by atoms with Crippen molar-refractivity contribution in [1.82, 2.24) is 9.80 Å². The zero-order chi connectivity index (χ0) is 25.8. The average molecular weight is 536 g/mol. The maximum Gasteiger partial charge on any atom is 0.277 e. The summed E-state index contributed by atoms with van der Waals surface area (Å²) in [6, 6.07) is 2.47. The lowest BCUT2D eigenvalue weighted by atomic mass is 9.98. The number of piperidine rings is 1. The number of oxime groups is 1. The van der Waals surface area contributed by atoms with Crippen LogP contribution in [0.15, 0.2) is 28.6 Å². The van der Waals surface area contributed by atoms with Crippen molar-refractivity contribution in [3.63, 3.8) is 0 Å². The number of hydrogen-bond acceptors (Lipinski definition) is 8. The minimum atomic E-state index is -0.586. The van der Waals surface area contributed by atoms with Gasteiger partial charge in [0, 0.05) is 35.3 Å². The summed E-state index contributed by atoms with van der Waals surface area (Å²) in [6.45, 7) is 5.45. The lowest BCUT2D eigenvalue weighted by Crippen LogP contribution is -2.58. The molecule has 2 amide bonds. The minimum absolute atomic E-state index is 0.0138. The van der Waals surface area contributed by atoms with E-state index in [-0.39, 0.29) is 38.9 Å². The zero-order valence-corrected chi connectivity index (χ0v) is 21.3. The van der Waals surface area contributed by atoms with Gasteiger partial charge < -0.3 is 24.8 Å². The molecule has 6 rings (SSSR count). The van der Waals surface area contributed by atoms with Crippen molar-refractivity contribution in [1.29, 1.82) is 0 Å². The monoisotopic (exact) mass is 535 g/mol. The van der Waals surface area contributed by atoms with Gasteiger partial charge in [-0.3, -0.25) is 19.3 Å². The van der Waals surface area contributed by atoms with Gasteiger partial charge in [0.15, 0.2) is 23.5 Å². The number of fused-ring (bicyclic) bond motifs is 5. The van der Waals surface area contributed by atoms with Gasteiger partial charge >= 0.3 is 0 Å². The quantitative estimate of drug-likeness (QED) is 0.0998. The van der Waals surface area contributed by atoms with E-state index < -0.39 is 17.4 Å². The topological polar surface area (TPSA) is 131 Å². The van der Waals surface area contributed by atoms with Crippen molar-refractivity contribution in [3.05, 3.63) is 34.0 Å². The van der Waals surface area contributed by atoms with E-state index in [0.29, 0.717) is 31.8 Å². The average Bonchev–Trinajstić information content (AvgIpc) is 3.15. The van der Waals surface area contributed by atoms with Gasteiger partial charge in [-0.25, -0.2) is 0 Å². The van der Waals surface area contributed by atoms with E-state index in [1.54, 1.807) is 21.6 Å². The molecule has 12 heteroatoms. The standard InChI is InChI=1S/C24H27ClN4O6S/c1-13-16(17(12-30)28-19(32)10-20(28)36-13)11-29-7-4-14(5-8-29)27(6-9-29)24(34)22(26-35)15-2-3-18(31)23(33)21(15)25/h2-3,12-14,20H,4-11H2,1H3,(H2-,26,31,33,34,35)/p+1/t13-,14?,20+,29?/m0/s1. The Kier molecular flexibility index (Phi) is 6.42. The third kappa shape index (κ3) is 3.93. The summed E-state index contributed by atoms with van der Waals surface area (Å²) in [5.41, 5.74) is 1.23. The number of allylic oxidation sites excluding steroid dienone is 1. The molecule has 0 radical (unpaired) electrons. The largest absolute Gasteiger partial charge is 0.504 e. The maximum atomic E-state index is 13.5. The molecular formula is C24H28ClN4O6S+. The van der Waals surface area contributed by atoms with E-state index in [0.717, 1.165) is 42.3 Å². The number of aromatic hydroxyl groups is 2. The number of hydrogen-bond donors (Lipinski definition) is 3. The molecule has 2 bridgehead atoms. The van der Waals surface area contributed by atoms with Crippen LogP contribution in [0.2, 0.25) is 5.02 Å². The highest BCUT2D eigenvalue weighted by Crippen LogP contribution is 2.44. The summed E-state index contributed by atoms with van der Waals surface area (Å²) < 4.78 is 0.719. The fourth-order valence-corrected chi connectivity index (χ4v) is 7.57. The molecule has 3 N–H and O–H groups in total. The van der Waals surface area contributed by atoms with Gasteiger partial charge in [0.1, 0.15) is 6.54 Å². The summed E-state index contributed by atoms with van der Waals surface area (Å²) >= 11 is 7.85. The van der Waals surface area contributed by atoms with E-state index in [1.807, 2.05) is 0 Å². The van der Waals surface area contributed by atoms with Crippen LogP contribution in [0, 0.1) is 0 Å². The predicted octanol–water partition coefficient (Wildman–Crippen LogP) is 1.90. The maximum absolute atomic E-state index is 13.5. The molecule has 1 aromatic rings. The number of β-lactam (4-membered cyclic amide) rings is 1. The molecule has 5 heterocycles. The second-order valence-corrected chi connectivity index (χ2v) is 11.8. The predicted molar refractivity (Wildman–Crippen MR) is 133 cm³/mol. The van der Waals surface area contributed by atoms with Crippen molar-refractivity contribution in [2.45, 2.75) is 42.9 Å². The summed E-state index contributed by atoms with van der Waals surface area (Å²) in [6.07, 6.45) is 2.77. The number of nitrogens with zero attached hydrogens (tertiary/aromatic N) is 4. The van der Waals surface area contributed by atoms with Crippen LogP contribution in [0.4, 0.5) is 0 Å². The molecule has 0 saturated carbocycles. The van der Waals surface area contributed by atoms with E-state index in [4.69, 9.17) is 11.6 Å². The van der Waals surface area contributed by atoms with Gasteiger partial charge in [0.2, 0.25) is 5.91 Å². The second-order valence-electron chi connectivity index (χ2n) is 9.87. The molecule has 5 aliphatic rings. The van der Waals surface area contributed by atoms with Crippen molar-refractivity contribution < 1.29 is 34.3 Å². The van der Waals surface area contributed by atoms with Gasteiger partial charge in [0.05, 0.1) is 48.7 Å². The molecule has 1 aromatic carbocycles. The molecule has 5 aliphatic heterocycles. The number of carbonyl (C=O) groups excluding carboxylic acids is 3. The van der Waals surface area contributed by atoms with Crippen LogP contribution in [-0.2, 0) is 14.4 Å². The fourth-order valence-electron chi connectivity index (χ4n) is 5.90. The molecule has 2 atom stereocenters. The molecule has 10 nitrogen and oxygen atoms in total. The number of quaternary nitrogens is 1. The summed E-state index contributed by atoms with van der Waals surface area (Å²) in [4.78, 5) is 41.0. The number of amides is 2. The molecular weight excluding hydrogens is 508 g/mol. The van der Waals surface area contributed by atoms with Gasteiger partial charge in [-0.1, -0.05) is 16.8 Å². The number of phenolic OH excluding ortho intramolecular Hbond substituents is 2. The molecule has 0 aliphatic carbocycles. The third-order valence-corrected chi connectivity index (χ3v) is 9.77. The Morgan fingerprint density at radius 1 is 1.28 bits per heavy atom. The second kappa shape index (κ2) is 9.28. The lowest BCUT2D eigenvalue weighted by Gasteiger charge is -2.48. The first-order valence-electron chi connectivity index (χ1n) is 11.9. The Labute approximate surface area is 217 Å². The van der Waals surface area contributed by atoms with Crippen LogP contribution >= 0.6 is 23.4 Å². The van der Waals surface area contributed by atoms with Gasteiger partial charge in [0.25, 0.3) is 5.91 Å². The summed E-state index contributed by atoms with van der Waals surface area (Å²) in [7, 11) is 0. The van der Waals surface area contributed by atoms with Crippen LogP contribution in [0.5, 0.6) is 11.5 Å². The Morgan fingerprint density at radius 2 is 2.00 bits per heavy atom. The first kappa shape index (κ1) is 24.9. The number of thioether (sulfide) groups is 1. The van der Waals surface area contributed by atoms with Gasteiger partial charge in [-0.2, -0.15) is 0 Å². The van der Waals surface area contributed by atoms with Crippen LogP contribution in [0.1, 0.15) is 31.7 Å². The lowest BCUT2D eigenvalue weighted by molar-refractivity contribution is -0.925. The Balaban J connectivity index is 1.38. The highest BCUT2D eigenvalue weighted by molar-refractivity contribution is 8.00. The smallest absolute Gasteiger partial charge is 0.277 e. The number of phenols is 2. The third-order valence-electron chi connectivity index (χ3n) is 8.01. The Hall–Kier alpha value is -2.76. The number of halogens is 1. The SMILES string of the molecule is C[C@@H]1S[C@@H]2CC(=O)N2C(C=O)=C1C[N+]12CCC(CC1)N(C(=O)/C(=N\O)c1ccc(O)c(O)c1Cl)CC2. The highest BCUT2D eigenvalue weighted by Gasteiger charge is 2.49. The normalized spacial score (nSPS) is 30.1. The number of carbonyl (C=O) groups is 3. The number of benzene rings is 1. The van der Waals surface area contributed by atoms with Crippen LogP contribution in [0.25, 0.3) is 0 Å². The van der Waals surface area contributed by atoms with E-state index >= 15 is 0 Å². The van der Waals surface area contributed by atoms with Crippen molar-refractivity contribution in [3.8, 4) is 11.5 Å². The molecule has 0 aromatic heterocycles. The highest BCUT2D eigenvalue weighted by atomic mass is 35.5. The van der Waals surface area contributed by atoms with E-state index in [9.17, 15) is 29.8 Å². The molecule has 4 fully saturated rings. The first-order chi connectivity index (χ1) is 17.2. The molecule has 0 unspecified atom stereocenters. The molecule has 192 valence electrons.